The molecule has 1 spiro atoms. The normalized spacial score (nSPS) is 31.1. The summed E-state index contributed by atoms with van der Waals surface area (Å²) >= 11 is 1.63. The fraction of sp³-hybridized carbons (Fsp3) is 0.696. The molecule has 1 N–H and O–H groups in total. The van der Waals surface area contributed by atoms with Crippen LogP contribution in [0.1, 0.15) is 39.5 Å². The highest BCUT2D eigenvalue weighted by Gasteiger charge is 2.74. The minimum absolute atomic E-state index is 0.00706. The molecule has 2 unspecified atom stereocenters. The van der Waals surface area contributed by atoms with Gasteiger partial charge in [-0.1, -0.05) is 12.2 Å². The number of fused-ring (bicyclic) bond motifs is 1. The smallest absolute Gasteiger partial charge is 0.310 e. The van der Waals surface area contributed by atoms with Crippen LogP contribution in [0.25, 0.3) is 0 Å². The lowest BCUT2D eigenvalue weighted by Crippen LogP contribution is -2.56. The van der Waals surface area contributed by atoms with E-state index in [9.17, 15) is 19.5 Å². The van der Waals surface area contributed by atoms with Crippen molar-refractivity contribution in [3.63, 3.8) is 0 Å². The van der Waals surface area contributed by atoms with E-state index in [-0.39, 0.29) is 42.3 Å². The molecule has 8 heteroatoms. The van der Waals surface area contributed by atoms with Crippen LogP contribution in [0.4, 0.5) is 0 Å². The number of amides is 2. The summed E-state index contributed by atoms with van der Waals surface area (Å²) in [5.41, 5.74) is 0. The molecule has 0 aliphatic carbocycles. The van der Waals surface area contributed by atoms with E-state index < -0.39 is 22.6 Å². The monoisotopic (exact) mass is 450 g/mol. The number of aliphatic hydroxyl groups excluding tert-OH is 1. The average molecular weight is 451 g/mol. The van der Waals surface area contributed by atoms with Crippen molar-refractivity contribution in [3.8, 4) is 0 Å². The van der Waals surface area contributed by atoms with Crippen LogP contribution in [0, 0.1) is 11.8 Å². The summed E-state index contributed by atoms with van der Waals surface area (Å²) in [5.74, 6) is -1.69. The van der Waals surface area contributed by atoms with Gasteiger partial charge >= 0.3 is 5.97 Å². The largest absolute Gasteiger partial charge is 0.465 e. The Labute approximate surface area is 188 Å². The van der Waals surface area contributed by atoms with Gasteiger partial charge < -0.3 is 19.6 Å². The lowest BCUT2D eigenvalue weighted by Gasteiger charge is -2.38. The molecule has 0 aromatic rings. The quantitative estimate of drug-likeness (QED) is 0.294. The first-order valence-corrected chi connectivity index (χ1v) is 12.0. The summed E-state index contributed by atoms with van der Waals surface area (Å²) in [6.07, 6.45) is 5.85. The standard InChI is InChI=1S/C23H34N2O5S/c1-5-7-14-30-22(29)17-16-9-10-23(31-16)18(17)20(27)25(12-8-13-26)19(23)21(28)24(11-6-2)15(3)4/h5-6,15-19,26H,1-2,7-14H2,3-4H3/t16-,17+,18+,19?,23?/m1/s1. The first-order chi connectivity index (χ1) is 14.8. The summed E-state index contributed by atoms with van der Waals surface area (Å²) in [7, 11) is 0. The number of rotatable bonds is 11. The Bertz CT molecular complexity index is 741. The summed E-state index contributed by atoms with van der Waals surface area (Å²) in [4.78, 5) is 43.7. The van der Waals surface area contributed by atoms with E-state index in [0.29, 0.717) is 25.9 Å². The predicted octanol–water partition coefficient (Wildman–Crippen LogP) is 2.00. The Morgan fingerprint density at radius 2 is 2.13 bits per heavy atom. The molecule has 31 heavy (non-hydrogen) atoms. The van der Waals surface area contributed by atoms with Crippen LogP contribution in [0.15, 0.2) is 25.3 Å². The third-order valence-electron chi connectivity index (χ3n) is 6.66. The van der Waals surface area contributed by atoms with Crippen LogP contribution >= 0.6 is 11.8 Å². The second-order valence-corrected chi connectivity index (χ2v) is 10.4. The molecule has 3 aliphatic heterocycles. The summed E-state index contributed by atoms with van der Waals surface area (Å²) in [5, 5.41) is 9.37. The van der Waals surface area contributed by atoms with Crippen LogP contribution in [0.3, 0.4) is 0 Å². The van der Waals surface area contributed by atoms with Crippen LogP contribution in [-0.2, 0) is 19.1 Å². The zero-order chi connectivity index (χ0) is 22.8. The third kappa shape index (κ3) is 4.04. The molecule has 0 aromatic heterocycles. The number of esters is 1. The van der Waals surface area contributed by atoms with Crippen molar-refractivity contribution in [2.45, 2.75) is 61.6 Å². The molecule has 3 fully saturated rings. The number of carbonyl (C=O) groups excluding carboxylic acids is 3. The van der Waals surface area contributed by atoms with Crippen molar-refractivity contribution < 1.29 is 24.2 Å². The maximum Gasteiger partial charge on any atom is 0.310 e. The molecule has 172 valence electrons. The fourth-order valence-corrected chi connectivity index (χ4v) is 7.57. The molecule has 0 saturated carbocycles. The van der Waals surface area contributed by atoms with E-state index in [1.54, 1.807) is 33.7 Å². The highest BCUT2D eigenvalue weighted by molar-refractivity contribution is 8.02. The Balaban J connectivity index is 1.96. The Morgan fingerprint density at radius 1 is 1.39 bits per heavy atom. The van der Waals surface area contributed by atoms with Gasteiger partial charge in [0.25, 0.3) is 0 Å². The van der Waals surface area contributed by atoms with E-state index >= 15 is 0 Å². The minimum atomic E-state index is -0.639. The van der Waals surface area contributed by atoms with Crippen LogP contribution in [0.2, 0.25) is 0 Å². The second kappa shape index (κ2) is 9.77. The van der Waals surface area contributed by atoms with Crippen molar-refractivity contribution in [3.05, 3.63) is 25.3 Å². The molecule has 3 aliphatic rings. The van der Waals surface area contributed by atoms with Gasteiger partial charge in [0, 0.05) is 31.0 Å². The highest BCUT2D eigenvalue weighted by Crippen LogP contribution is 2.66. The molecule has 7 nitrogen and oxygen atoms in total. The first-order valence-electron chi connectivity index (χ1n) is 11.1. The number of aliphatic hydroxyl groups is 1. The van der Waals surface area contributed by atoms with E-state index in [0.717, 1.165) is 12.8 Å². The Kier molecular flexibility index (Phi) is 7.52. The number of nitrogens with zero attached hydrogens (tertiary/aromatic N) is 2. The van der Waals surface area contributed by atoms with Crippen molar-refractivity contribution in [1.82, 2.24) is 9.80 Å². The SMILES string of the molecule is C=CCCOC(=O)[C@@H]1[C@H]2C(=O)N(CCCO)C(C(=O)N(CC=C)C(C)C)C23CC[C@H]1S3. The maximum absolute atomic E-state index is 13.8. The molecule has 3 saturated heterocycles. The van der Waals surface area contributed by atoms with Gasteiger partial charge in [-0.05, 0) is 39.5 Å². The zero-order valence-electron chi connectivity index (χ0n) is 18.5. The lowest BCUT2D eigenvalue weighted by molar-refractivity contribution is -0.154. The second-order valence-electron chi connectivity index (χ2n) is 8.78. The summed E-state index contributed by atoms with van der Waals surface area (Å²) in [6, 6.07) is -0.682. The highest BCUT2D eigenvalue weighted by atomic mass is 32.2. The molecule has 2 amide bonds. The number of likely N-dealkylation sites (tertiary alicyclic amines) is 1. The Hall–Kier alpha value is -1.80. The third-order valence-corrected chi connectivity index (χ3v) is 8.61. The van der Waals surface area contributed by atoms with E-state index in [1.807, 2.05) is 13.8 Å². The van der Waals surface area contributed by atoms with Gasteiger partial charge in [0.2, 0.25) is 11.8 Å². The topological polar surface area (TPSA) is 87.1 Å². The zero-order valence-corrected chi connectivity index (χ0v) is 19.3. The predicted molar refractivity (Wildman–Crippen MR) is 120 cm³/mol. The van der Waals surface area contributed by atoms with Gasteiger partial charge in [0.15, 0.2) is 0 Å². The maximum atomic E-state index is 13.8. The number of ether oxygens (including phenoxy) is 1. The molecule has 2 bridgehead atoms. The Morgan fingerprint density at radius 3 is 2.74 bits per heavy atom. The van der Waals surface area contributed by atoms with Gasteiger partial charge in [-0.25, -0.2) is 0 Å². The van der Waals surface area contributed by atoms with Crippen molar-refractivity contribution in [2.75, 3.05) is 26.3 Å². The van der Waals surface area contributed by atoms with E-state index in [2.05, 4.69) is 13.2 Å². The lowest BCUT2D eigenvalue weighted by atomic mass is 9.71. The van der Waals surface area contributed by atoms with Gasteiger partial charge in [0.1, 0.15) is 6.04 Å². The molecule has 0 radical (unpaired) electrons. The molecular formula is C23H34N2O5S. The fourth-order valence-electron chi connectivity index (χ4n) is 5.37. The average Bonchev–Trinajstić information content (AvgIpc) is 3.37. The molecule has 0 aromatic carbocycles. The van der Waals surface area contributed by atoms with Crippen molar-refractivity contribution in [2.24, 2.45) is 11.8 Å². The molecule has 3 rings (SSSR count). The molecular weight excluding hydrogens is 416 g/mol. The van der Waals surface area contributed by atoms with Crippen LogP contribution in [-0.4, -0.2) is 81.1 Å². The van der Waals surface area contributed by atoms with Crippen LogP contribution < -0.4 is 0 Å². The van der Waals surface area contributed by atoms with Crippen LogP contribution in [0.5, 0.6) is 0 Å². The summed E-state index contributed by atoms with van der Waals surface area (Å²) < 4.78 is 4.85. The van der Waals surface area contributed by atoms with Crippen molar-refractivity contribution >= 4 is 29.5 Å². The van der Waals surface area contributed by atoms with Gasteiger partial charge in [0.05, 0.1) is 23.2 Å². The number of hydrogen-bond donors (Lipinski definition) is 1. The van der Waals surface area contributed by atoms with E-state index in [1.165, 1.54) is 0 Å². The number of carbonyl (C=O) groups is 3. The van der Waals surface area contributed by atoms with Gasteiger partial charge in [-0.3, -0.25) is 14.4 Å². The molecule has 5 atom stereocenters. The van der Waals surface area contributed by atoms with Crippen molar-refractivity contribution in [1.29, 1.82) is 0 Å². The van der Waals surface area contributed by atoms with Gasteiger partial charge in [-0.2, -0.15) is 0 Å². The van der Waals surface area contributed by atoms with Gasteiger partial charge in [-0.15, -0.1) is 24.9 Å². The summed E-state index contributed by atoms with van der Waals surface area (Å²) in [6.45, 7) is 12.2. The molecule has 3 heterocycles. The number of thioether (sulfide) groups is 1. The van der Waals surface area contributed by atoms with E-state index in [4.69, 9.17) is 4.74 Å². The number of hydrogen-bond acceptors (Lipinski definition) is 6. The minimum Gasteiger partial charge on any atom is -0.465 e. The first kappa shape index (κ1) is 23.9.